The van der Waals surface area contributed by atoms with E-state index in [-0.39, 0.29) is 12.1 Å². The van der Waals surface area contributed by atoms with Crippen molar-refractivity contribution in [2.45, 2.75) is 37.7 Å². The molecule has 2 unspecified atom stereocenters. The minimum absolute atomic E-state index is 0.229. The molecule has 0 saturated heterocycles. The van der Waals surface area contributed by atoms with E-state index in [2.05, 4.69) is 38.5 Å². The molecule has 0 saturated carbocycles. The highest BCUT2D eigenvalue weighted by Gasteiger charge is 2.36. The van der Waals surface area contributed by atoms with Crippen LogP contribution in [0.1, 0.15) is 31.7 Å². The van der Waals surface area contributed by atoms with Crippen LogP contribution in [0.4, 0.5) is 0 Å². The largest absolute Gasteiger partial charge is 0.468 e. The van der Waals surface area contributed by atoms with Crippen molar-refractivity contribution in [3.8, 4) is 0 Å². The lowest BCUT2D eigenvalue weighted by Crippen LogP contribution is -2.34. The molecule has 0 radical (unpaired) electrons. The summed E-state index contributed by atoms with van der Waals surface area (Å²) < 4.78 is 6.07. The Morgan fingerprint density at radius 1 is 1.55 bits per heavy atom. The van der Waals surface area contributed by atoms with Gasteiger partial charge in [-0.15, -0.1) is 0 Å². The van der Waals surface area contributed by atoms with Crippen molar-refractivity contribution < 1.29 is 14.6 Å². The monoisotopic (exact) mass is 454 g/mol. The maximum Gasteiger partial charge on any atom is 0.315 e. The van der Waals surface area contributed by atoms with Crippen LogP contribution >= 0.6 is 38.5 Å². The maximum atomic E-state index is 12.2. The van der Waals surface area contributed by atoms with E-state index in [1.165, 1.54) is 7.11 Å². The number of benzene rings is 1. The van der Waals surface area contributed by atoms with Crippen LogP contribution in [-0.4, -0.2) is 29.6 Å². The first-order chi connectivity index (χ1) is 9.43. The third-order valence-electron chi connectivity index (χ3n) is 3.49. The number of rotatable bonds is 7. The van der Waals surface area contributed by atoms with Gasteiger partial charge in [0.2, 0.25) is 0 Å². The molecule has 0 aliphatic heterocycles. The topological polar surface area (TPSA) is 46.5 Å². The lowest BCUT2D eigenvalue weighted by Gasteiger charge is -2.27. The third kappa shape index (κ3) is 4.70. The van der Waals surface area contributed by atoms with Gasteiger partial charge in [0.1, 0.15) is 0 Å². The van der Waals surface area contributed by atoms with Crippen LogP contribution in [0.5, 0.6) is 0 Å². The molecule has 0 spiro atoms. The molecule has 112 valence electrons. The number of aliphatic hydroxyl groups is 1. The fourth-order valence-electron chi connectivity index (χ4n) is 2.19. The quantitative estimate of drug-likeness (QED) is 0.388. The molecule has 1 rings (SSSR count). The number of ether oxygens (including phenoxy) is 1. The van der Waals surface area contributed by atoms with E-state index < -0.39 is 5.41 Å². The highest BCUT2D eigenvalue weighted by Crippen LogP contribution is 2.32. The summed E-state index contributed by atoms with van der Waals surface area (Å²) in [6.45, 7) is 1.91. The molecule has 20 heavy (non-hydrogen) atoms. The van der Waals surface area contributed by atoms with Crippen molar-refractivity contribution in [1.82, 2.24) is 0 Å². The van der Waals surface area contributed by atoms with Gasteiger partial charge < -0.3 is 9.84 Å². The summed E-state index contributed by atoms with van der Waals surface area (Å²) in [5.74, 6) is -0.229. The van der Waals surface area contributed by atoms with Crippen molar-refractivity contribution in [3.05, 3.63) is 33.4 Å². The van der Waals surface area contributed by atoms with Crippen LogP contribution < -0.4 is 0 Å². The molecule has 2 atom stereocenters. The van der Waals surface area contributed by atoms with E-state index in [9.17, 15) is 9.90 Å². The molecule has 3 nitrogen and oxygen atoms in total. The normalized spacial score (nSPS) is 15.4. The number of hydrogen-bond acceptors (Lipinski definition) is 3. The molecule has 0 aliphatic carbocycles. The van der Waals surface area contributed by atoms with Gasteiger partial charge in [0.25, 0.3) is 0 Å². The third-order valence-corrected chi connectivity index (χ3v) is 4.91. The highest BCUT2D eigenvalue weighted by molar-refractivity contribution is 14.1. The summed E-state index contributed by atoms with van der Waals surface area (Å²) in [6, 6.07) is 7.92. The number of carbonyl (C=O) groups is 1. The SMILES string of the molecule is COC(=O)C(C)(CCCC(O)CBr)c1cccc(I)c1. The van der Waals surface area contributed by atoms with E-state index in [0.29, 0.717) is 18.2 Å². The second-order valence-electron chi connectivity index (χ2n) is 5.03. The lowest BCUT2D eigenvalue weighted by atomic mass is 9.78. The predicted octanol–water partition coefficient (Wildman–Crippen LogP) is 3.65. The number of esters is 1. The second-order valence-corrected chi connectivity index (χ2v) is 6.93. The first-order valence-electron chi connectivity index (χ1n) is 6.52. The predicted molar refractivity (Wildman–Crippen MR) is 92.2 cm³/mol. The minimum Gasteiger partial charge on any atom is -0.468 e. The molecule has 0 aliphatic rings. The van der Waals surface area contributed by atoms with Gasteiger partial charge in [-0.25, -0.2) is 0 Å². The van der Waals surface area contributed by atoms with Gasteiger partial charge in [0.15, 0.2) is 0 Å². The molecule has 1 aromatic carbocycles. The average Bonchev–Trinajstić information content (AvgIpc) is 2.45. The summed E-state index contributed by atoms with van der Waals surface area (Å²) >= 11 is 5.49. The molecule has 0 amide bonds. The van der Waals surface area contributed by atoms with Crippen molar-refractivity contribution in [3.63, 3.8) is 0 Å². The fraction of sp³-hybridized carbons (Fsp3) is 0.533. The summed E-state index contributed by atoms with van der Waals surface area (Å²) in [6.07, 6.45) is 1.72. The average molecular weight is 455 g/mol. The Balaban J connectivity index is 2.90. The molecular weight excluding hydrogens is 435 g/mol. The highest BCUT2D eigenvalue weighted by atomic mass is 127. The van der Waals surface area contributed by atoms with Crippen molar-refractivity contribution in [2.75, 3.05) is 12.4 Å². The number of carbonyl (C=O) groups excluding carboxylic acids is 1. The van der Waals surface area contributed by atoms with E-state index in [1.807, 2.05) is 31.2 Å². The summed E-state index contributed by atoms with van der Waals surface area (Å²) in [5.41, 5.74) is 0.298. The van der Waals surface area contributed by atoms with Crippen molar-refractivity contribution >= 4 is 44.5 Å². The van der Waals surface area contributed by atoms with E-state index >= 15 is 0 Å². The molecule has 1 aromatic rings. The molecule has 1 N–H and O–H groups in total. The molecule has 0 heterocycles. The van der Waals surface area contributed by atoms with Crippen LogP contribution in [0.2, 0.25) is 0 Å². The van der Waals surface area contributed by atoms with E-state index in [0.717, 1.165) is 15.6 Å². The van der Waals surface area contributed by atoms with Gasteiger partial charge in [-0.2, -0.15) is 0 Å². The van der Waals surface area contributed by atoms with Gasteiger partial charge in [-0.1, -0.05) is 28.1 Å². The van der Waals surface area contributed by atoms with Crippen LogP contribution in [0.15, 0.2) is 24.3 Å². The standard InChI is InChI=1S/C15H20BrIO3/c1-15(14(19)20-2,8-4-7-13(18)10-16)11-5-3-6-12(17)9-11/h3,5-6,9,13,18H,4,7-8,10H2,1-2H3. The Hall–Kier alpha value is -0.140. The van der Waals surface area contributed by atoms with E-state index in [4.69, 9.17) is 4.74 Å². The van der Waals surface area contributed by atoms with Crippen LogP contribution in [-0.2, 0) is 14.9 Å². The molecule has 5 heteroatoms. The Morgan fingerprint density at radius 2 is 2.25 bits per heavy atom. The van der Waals surface area contributed by atoms with Gasteiger partial charge in [-0.3, -0.25) is 4.79 Å². The van der Waals surface area contributed by atoms with Gasteiger partial charge >= 0.3 is 5.97 Å². The smallest absolute Gasteiger partial charge is 0.315 e. The number of aliphatic hydroxyl groups excluding tert-OH is 1. The zero-order valence-electron chi connectivity index (χ0n) is 11.7. The van der Waals surface area contributed by atoms with Crippen molar-refractivity contribution in [1.29, 1.82) is 0 Å². The first-order valence-corrected chi connectivity index (χ1v) is 8.72. The Kier molecular flexibility index (Phi) is 7.47. The molecule has 0 aromatic heterocycles. The van der Waals surface area contributed by atoms with E-state index in [1.54, 1.807) is 0 Å². The Bertz CT molecular complexity index is 452. The van der Waals surface area contributed by atoms with Crippen LogP contribution in [0.3, 0.4) is 0 Å². The minimum atomic E-state index is -0.665. The number of halogens is 2. The molecular formula is C15H20BrIO3. The first kappa shape index (κ1) is 17.9. The fourth-order valence-corrected chi connectivity index (χ4v) is 3.06. The van der Waals surface area contributed by atoms with Crippen LogP contribution in [0.25, 0.3) is 0 Å². The summed E-state index contributed by atoms with van der Waals surface area (Å²) in [4.78, 5) is 12.2. The maximum absolute atomic E-state index is 12.2. The summed E-state index contributed by atoms with van der Waals surface area (Å²) in [5, 5.41) is 10.2. The number of alkyl halides is 1. The van der Waals surface area contributed by atoms with Gasteiger partial charge in [-0.05, 0) is 66.5 Å². The van der Waals surface area contributed by atoms with Crippen molar-refractivity contribution in [2.24, 2.45) is 0 Å². The number of methoxy groups -OCH3 is 1. The second kappa shape index (κ2) is 8.34. The zero-order valence-corrected chi connectivity index (χ0v) is 15.5. The Morgan fingerprint density at radius 3 is 2.80 bits per heavy atom. The number of hydrogen-bond donors (Lipinski definition) is 1. The molecule has 0 bridgehead atoms. The van der Waals surface area contributed by atoms with Crippen LogP contribution in [0, 0.1) is 3.57 Å². The van der Waals surface area contributed by atoms with Gasteiger partial charge in [0, 0.05) is 8.90 Å². The Labute approximate surface area is 142 Å². The molecule has 0 fully saturated rings. The van der Waals surface area contributed by atoms with Gasteiger partial charge in [0.05, 0.1) is 18.6 Å². The lowest BCUT2D eigenvalue weighted by molar-refractivity contribution is -0.147. The summed E-state index contributed by atoms with van der Waals surface area (Å²) in [7, 11) is 1.42. The zero-order chi connectivity index (χ0) is 15.2.